The van der Waals surface area contributed by atoms with Crippen LogP contribution in [0.5, 0.6) is 0 Å². The Bertz CT molecular complexity index is 949. The molecule has 28 heavy (non-hydrogen) atoms. The van der Waals surface area contributed by atoms with Gasteiger partial charge in [0.1, 0.15) is 5.82 Å². The standard InChI is InChI=1S/C21H21FN2O3.H2S/c1-13-2-5-18(17(22)10-13)24-9-8-21(20(24)26)7-6-14-11-15(19(25)23-27)3-4-16(14)12-21;/h2-5,10-11,27H,6-9,12H2,1H3,(H,23,25);1H2/t21-;/m1./s1. The number of hydrogen-bond donors (Lipinski definition) is 2. The fourth-order valence-corrected chi connectivity index (χ4v) is 4.34. The van der Waals surface area contributed by atoms with E-state index < -0.39 is 11.3 Å². The van der Waals surface area contributed by atoms with Gasteiger partial charge in [0, 0.05) is 12.1 Å². The van der Waals surface area contributed by atoms with E-state index in [4.69, 9.17) is 5.21 Å². The lowest BCUT2D eigenvalue weighted by molar-refractivity contribution is -0.126. The van der Waals surface area contributed by atoms with E-state index in [2.05, 4.69) is 0 Å². The number of benzene rings is 2. The van der Waals surface area contributed by atoms with Gasteiger partial charge in [-0.3, -0.25) is 14.8 Å². The van der Waals surface area contributed by atoms with Gasteiger partial charge in [-0.05, 0) is 73.6 Å². The van der Waals surface area contributed by atoms with Crippen LogP contribution in [-0.2, 0) is 17.6 Å². The number of hydroxylamine groups is 1. The first-order valence-electron chi connectivity index (χ1n) is 9.08. The second-order valence-corrected chi connectivity index (χ2v) is 7.54. The number of nitrogens with one attached hydrogen (secondary N) is 1. The van der Waals surface area contributed by atoms with Crippen LogP contribution < -0.4 is 10.4 Å². The highest BCUT2D eigenvalue weighted by Gasteiger charge is 2.48. The summed E-state index contributed by atoms with van der Waals surface area (Å²) in [6, 6.07) is 10.2. The first-order chi connectivity index (χ1) is 12.9. The van der Waals surface area contributed by atoms with Gasteiger partial charge in [-0.1, -0.05) is 12.1 Å². The molecule has 5 nitrogen and oxygen atoms in total. The van der Waals surface area contributed by atoms with E-state index >= 15 is 0 Å². The maximum atomic E-state index is 14.4. The molecule has 1 saturated heterocycles. The van der Waals surface area contributed by atoms with Crippen LogP contribution >= 0.6 is 13.5 Å². The number of fused-ring (bicyclic) bond motifs is 1. The number of carbonyl (C=O) groups is 2. The number of anilines is 1. The lowest BCUT2D eigenvalue weighted by Crippen LogP contribution is -2.39. The molecule has 1 fully saturated rings. The largest absolute Gasteiger partial charge is 0.309 e. The van der Waals surface area contributed by atoms with E-state index in [0.29, 0.717) is 43.5 Å². The van der Waals surface area contributed by atoms with Crippen molar-refractivity contribution in [1.82, 2.24) is 5.48 Å². The van der Waals surface area contributed by atoms with Crippen LogP contribution in [0.1, 0.15) is 39.9 Å². The van der Waals surface area contributed by atoms with Crippen molar-refractivity contribution in [1.29, 1.82) is 0 Å². The van der Waals surface area contributed by atoms with Crippen molar-refractivity contribution < 1.29 is 19.2 Å². The van der Waals surface area contributed by atoms with E-state index in [9.17, 15) is 14.0 Å². The summed E-state index contributed by atoms with van der Waals surface area (Å²) in [7, 11) is 0. The molecule has 0 radical (unpaired) electrons. The third-order valence-electron chi connectivity index (χ3n) is 5.88. The van der Waals surface area contributed by atoms with Gasteiger partial charge in [0.2, 0.25) is 5.91 Å². The lowest BCUT2D eigenvalue weighted by Gasteiger charge is -2.33. The Morgan fingerprint density at radius 1 is 1.18 bits per heavy atom. The Balaban J connectivity index is 0.00000225. The first kappa shape index (κ1) is 20.4. The minimum absolute atomic E-state index is 0. The van der Waals surface area contributed by atoms with Gasteiger partial charge in [-0.25, -0.2) is 9.87 Å². The summed E-state index contributed by atoms with van der Waals surface area (Å²) < 4.78 is 14.4. The third-order valence-corrected chi connectivity index (χ3v) is 5.88. The number of amides is 2. The molecule has 1 heterocycles. The molecule has 1 spiro atoms. The summed E-state index contributed by atoms with van der Waals surface area (Å²) in [5, 5.41) is 8.79. The molecule has 0 aromatic heterocycles. The molecule has 0 unspecified atom stereocenters. The molecule has 148 valence electrons. The van der Waals surface area contributed by atoms with Gasteiger partial charge in [-0.15, -0.1) is 0 Å². The van der Waals surface area contributed by atoms with Crippen LogP contribution in [0.2, 0.25) is 0 Å². The Hall–Kier alpha value is -2.38. The molecule has 0 bridgehead atoms. The average molecular weight is 402 g/mol. The smallest absolute Gasteiger partial charge is 0.274 e. The van der Waals surface area contributed by atoms with E-state index in [-0.39, 0.29) is 25.2 Å². The van der Waals surface area contributed by atoms with Crippen LogP contribution in [0, 0.1) is 18.2 Å². The highest BCUT2D eigenvalue weighted by Crippen LogP contribution is 2.45. The summed E-state index contributed by atoms with van der Waals surface area (Å²) >= 11 is 0. The maximum absolute atomic E-state index is 14.4. The molecule has 2 aromatic carbocycles. The zero-order valence-corrected chi connectivity index (χ0v) is 16.6. The van der Waals surface area contributed by atoms with Crippen LogP contribution in [-0.4, -0.2) is 23.6 Å². The first-order valence-corrected chi connectivity index (χ1v) is 9.08. The molecule has 2 aromatic rings. The lowest BCUT2D eigenvalue weighted by atomic mass is 9.70. The predicted octanol–water partition coefficient (Wildman–Crippen LogP) is 3.28. The van der Waals surface area contributed by atoms with Crippen molar-refractivity contribution in [2.45, 2.75) is 32.6 Å². The summed E-state index contributed by atoms with van der Waals surface area (Å²) in [5.41, 5.74) is 4.77. The fraction of sp³-hybridized carbons (Fsp3) is 0.333. The second kappa shape index (κ2) is 7.56. The minimum atomic E-state index is -0.545. The van der Waals surface area contributed by atoms with Crippen LogP contribution in [0.3, 0.4) is 0 Å². The Morgan fingerprint density at radius 2 is 1.96 bits per heavy atom. The highest BCUT2D eigenvalue weighted by molar-refractivity contribution is 7.59. The van der Waals surface area contributed by atoms with Crippen molar-refractivity contribution in [3.05, 3.63) is 64.5 Å². The van der Waals surface area contributed by atoms with E-state index in [1.807, 2.05) is 19.1 Å². The molecule has 2 amide bonds. The number of hydrogen-bond acceptors (Lipinski definition) is 3. The molecule has 0 saturated carbocycles. The van der Waals surface area contributed by atoms with Gasteiger partial charge in [0.25, 0.3) is 5.91 Å². The highest BCUT2D eigenvalue weighted by atomic mass is 32.1. The normalized spacial score (nSPS) is 20.7. The van der Waals surface area contributed by atoms with E-state index in [0.717, 1.165) is 16.7 Å². The number of halogens is 1. The van der Waals surface area contributed by atoms with Crippen molar-refractivity contribution in [2.75, 3.05) is 11.4 Å². The molecular weight excluding hydrogens is 379 g/mol. The number of rotatable bonds is 2. The third kappa shape index (κ3) is 3.29. The average Bonchev–Trinajstić information content (AvgIpc) is 2.97. The number of nitrogens with zero attached hydrogens (tertiary/aromatic N) is 1. The molecule has 2 N–H and O–H groups in total. The van der Waals surface area contributed by atoms with Crippen molar-refractivity contribution >= 4 is 31.0 Å². The van der Waals surface area contributed by atoms with E-state index in [1.165, 1.54) is 6.07 Å². The predicted molar refractivity (Wildman–Crippen MR) is 109 cm³/mol. The van der Waals surface area contributed by atoms with Crippen molar-refractivity contribution in [2.24, 2.45) is 5.41 Å². The summed E-state index contributed by atoms with van der Waals surface area (Å²) in [4.78, 5) is 26.4. The molecule has 1 atom stereocenters. The molecule has 1 aliphatic carbocycles. The van der Waals surface area contributed by atoms with Gasteiger partial charge in [0.15, 0.2) is 0 Å². The molecule has 7 heteroatoms. The van der Waals surface area contributed by atoms with Gasteiger partial charge < -0.3 is 4.90 Å². The minimum Gasteiger partial charge on any atom is -0.309 e. The fourth-order valence-electron chi connectivity index (χ4n) is 4.34. The SMILES string of the molecule is Cc1ccc(N2CC[C@@]3(CCc4cc(C(=O)NO)ccc4C3)C2=O)c(F)c1.S. The zero-order valence-electron chi connectivity index (χ0n) is 15.6. The van der Waals surface area contributed by atoms with Crippen molar-refractivity contribution in [3.63, 3.8) is 0 Å². The van der Waals surface area contributed by atoms with Crippen molar-refractivity contribution in [3.8, 4) is 0 Å². The number of carbonyl (C=O) groups excluding carboxylic acids is 2. The van der Waals surface area contributed by atoms with Gasteiger partial charge >= 0.3 is 0 Å². The quantitative estimate of drug-likeness (QED) is 0.598. The molecule has 4 rings (SSSR count). The second-order valence-electron chi connectivity index (χ2n) is 7.54. The summed E-state index contributed by atoms with van der Waals surface area (Å²) in [6.07, 6.45) is 2.63. The monoisotopic (exact) mass is 402 g/mol. The van der Waals surface area contributed by atoms with Gasteiger partial charge in [0.05, 0.1) is 11.1 Å². The maximum Gasteiger partial charge on any atom is 0.274 e. The van der Waals surface area contributed by atoms with E-state index in [1.54, 1.807) is 28.6 Å². The Morgan fingerprint density at radius 3 is 2.68 bits per heavy atom. The molecule has 1 aliphatic heterocycles. The van der Waals surface area contributed by atoms with Gasteiger partial charge in [-0.2, -0.15) is 13.5 Å². The summed E-state index contributed by atoms with van der Waals surface area (Å²) in [6.45, 7) is 2.34. The van der Waals surface area contributed by atoms with Crippen LogP contribution in [0.25, 0.3) is 0 Å². The molecule has 2 aliphatic rings. The van der Waals surface area contributed by atoms with Crippen LogP contribution in [0.4, 0.5) is 10.1 Å². The molecular formula is C21H23FN2O3S. The van der Waals surface area contributed by atoms with Crippen LogP contribution in [0.15, 0.2) is 36.4 Å². The Kier molecular flexibility index (Phi) is 5.50. The zero-order chi connectivity index (χ0) is 19.2. The summed E-state index contributed by atoms with van der Waals surface area (Å²) in [5.74, 6) is -0.930. The Labute approximate surface area is 170 Å². The number of aryl methyl sites for hydroxylation is 2. The topological polar surface area (TPSA) is 69.6 Å².